The molecule has 5 nitrogen and oxygen atoms in total. The van der Waals surface area contributed by atoms with Gasteiger partial charge in [0.25, 0.3) is 9.05 Å². The summed E-state index contributed by atoms with van der Waals surface area (Å²) < 4.78 is 32.3. The van der Waals surface area contributed by atoms with Crippen molar-refractivity contribution in [3.8, 4) is 5.75 Å². The first kappa shape index (κ1) is 12.2. The molecule has 7 heteroatoms. The fourth-order valence-corrected chi connectivity index (χ4v) is 2.47. The normalized spacial score (nSPS) is 18.4. The monoisotopic (exact) mass is 276 g/mol. The maximum absolute atomic E-state index is 11.5. The lowest BCUT2D eigenvalue weighted by Crippen LogP contribution is -2.15. The molecule has 1 unspecified atom stereocenters. The van der Waals surface area contributed by atoms with Crippen LogP contribution < -0.4 is 4.74 Å². The van der Waals surface area contributed by atoms with E-state index in [1.165, 1.54) is 25.3 Å². The van der Waals surface area contributed by atoms with Crippen molar-refractivity contribution in [2.45, 2.75) is 10.8 Å². The summed E-state index contributed by atoms with van der Waals surface area (Å²) >= 11 is 0. The number of rotatable bonds is 2. The molecular weight excluding hydrogens is 268 g/mol. The second-order valence-corrected chi connectivity index (χ2v) is 6.09. The average molecular weight is 277 g/mol. The highest BCUT2D eigenvalue weighted by Gasteiger charge is 2.32. The van der Waals surface area contributed by atoms with Crippen LogP contribution >= 0.6 is 10.7 Å². The molecule has 2 rings (SSSR count). The Bertz CT molecular complexity index is 566. The van der Waals surface area contributed by atoms with Crippen LogP contribution in [0.1, 0.15) is 11.5 Å². The van der Waals surface area contributed by atoms with Gasteiger partial charge in [0, 0.05) is 16.2 Å². The van der Waals surface area contributed by atoms with Gasteiger partial charge in [-0.1, -0.05) is 0 Å². The van der Waals surface area contributed by atoms with E-state index in [0.717, 1.165) is 0 Å². The lowest BCUT2D eigenvalue weighted by molar-refractivity contribution is -0.142. The quantitative estimate of drug-likeness (QED) is 0.601. The molecule has 0 aliphatic carbocycles. The van der Waals surface area contributed by atoms with Crippen molar-refractivity contribution in [3.63, 3.8) is 0 Å². The number of halogens is 1. The first-order valence-corrected chi connectivity index (χ1v) is 7.03. The summed E-state index contributed by atoms with van der Waals surface area (Å²) in [5.41, 5.74) is 0.485. The molecule has 1 heterocycles. The Hall–Kier alpha value is -1.27. The van der Waals surface area contributed by atoms with Crippen molar-refractivity contribution < 1.29 is 22.7 Å². The van der Waals surface area contributed by atoms with Gasteiger partial charge < -0.3 is 9.47 Å². The summed E-state index contributed by atoms with van der Waals surface area (Å²) in [4.78, 5) is 11.4. The molecule has 92 valence electrons. The van der Waals surface area contributed by atoms with E-state index >= 15 is 0 Å². The predicted octanol–water partition coefficient (Wildman–Crippen LogP) is 1.26. The summed E-state index contributed by atoms with van der Waals surface area (Å²) in [7, 11) is 2.69. The highest BCUT2D eigenvalue weighted by molar-refractivity contribution is 8.13. The van der Waals surface area contributed by atoms with Crippen LogP contribution in [-0.2, 0) is 18.6 Å². The van der Waals surface area contributed by atoms with Gasteiger partial charge in [-0.05, 0) is 18.2 Å². The zero-order chi connectivity index (χ0) is 12.6. The second-order valence-electron chi connectivity index (χ2n) is 3.52. The topological polar surface area (TPSA) is 69.7 Å². The Morgan fingerprint density at radius 2 is 2.24 bits per heavy atom. The molecular formula is C10H9ClO5S. The van der Waals surface area contributed by atoms with Crippen LogP contribution in [0.15, 0.2) is 23.1 Å². The summed E-state index contributed by atoms with van der Waals surface area (Å²) in [5.74, 6) is -0.592. The van der Waals surface area contributed by atoms with Gasteiger partial charge in [0.1, 0.15) is 18.3 Å². The van der Waals surface area contributed by atoms with E-state index in [0.29, 0.717) is 11.3 Å². The Morgan fingerprint density at radius 1 is 1.53 bits per heavy atom. The van der Waals surface area contributed by atoms with Crippen LogP contribution in [0.4, 0.5) is 0 Å². The van der Waals surface area contributed by atoms with Gasteiger partial charge in [0.2, 0.25) is 0 Å². The van der Waals surface area contributed by atoms with Crippen molar-refractivity contribution in [3.05, 3.63) is 23.8 Å². The van der Waals surface area contributed by atoms with E-state index in [2.05, 4.69) is 4.74 Å². The molecule has 1 aliphatic heterocycles. The number of benzene rings is 1. The van der Waals surface area contributed by atoms with Crippen molar-refractivity contribution in [1.29, 1.82) is 0 Å². The molecule has 0 saturated carbocycles. The van der Waals surface area contributed by atoms with Gasteiger partial charge in [-0.3, -0.25) is 4.79 Å². The first-order chi connectivity index (χ1) is 7.93. The molecule has 0 aromatic heterocycles. The minimum absolute atomic E-state index is 0.0580. The van der Waals surface area contributed by atoms with E-state index in [-0.39, 0.29) is 11.5 Å². The number of hydrogen-bond donors (Lipinski definition) is 0. The molecule has 0 N–H and O–H groups in total. The smallest absolute Gasteiger partial charge is 0.316 e. The SMILES string of the molecule is COC(=O)C1COc2ccc(S(=O)(=O)Cl)cc21. The number of fused-ring (bicyclic) bond motifs is 1. The van der Waals surface area contributed by atoms with Crippen LogP contribution in [0.5, 0.6) is 5.75 Å². The van der Waals surface area contributed by atoms with Gasteiger partial charge in [-0.25, -0.2) is 8.42 Å². The molecule has 0 saturated heterocycles. The minimum Gasteiger partial charge on any atom is -0.492 e. The van der Waals surface area contributed by atoms with Gasteiger partial charge in [0.05, 0.1) is 12.0 Å². The first-order valence-electron chi connectivity index (χ1n) is 4.72. The minimum atomic E-state index is -3.82. The van der Waals surface area contributed by atoms with Gasteiger partial charge in [-0.15, -0.1) is 0 Å². The lowest BCUT2D eigenvalue weighted by Gasteiger charge is -2.06. The average Bonchev–Trinajstić information content (AvgIpc) is 2.69. The Kier molecular flexibility index (Phi) is 3.01. The maximum atomic E-state index is 11.5. The number of ether oxygens (including phenoxy) is 2. The van der Waals surface area contributed by atoms with Crippen molar-refractivity contribution >= 4 is 25.7 Å². The van der Waals surface area contributed by atoms with Gasteiger partial charge >= 0.3 is 5.97 Å². The van der Waals surface area contributed by atoms with Crippen molar-refractivity contribution in [1.82, 2.24) is 0 Å². The highest BCUT2D eigenvalue weighted by atomic mass is 35.7. The zero-order valence-corrected chi connectivity index (χ0v) is 10.4. The predicted molar refractivity (Wildman–Crippen MR) is 59.7 cm³/mol. The number of carbonyl (C=O) groups excluding carboxylic acids is 1. The fraction of sp³-hybridized carbons (Fsp3) is 0.300. The standard InChI is InChI=1S/C10H9ClO5S/c1-15-10(12)8-5-16-9-3-2-6(4-7(8)9)17(11,13)14/h2-4,8H,5H2,1H3. The molecule has 1 aromatic rings. The van der Waals surface area contributed by atoms with Crippen LogP contribution in [0.25, 0.3) is 0 Å². The molecule has 0 bridgehead atoms. The second kappa shape index (κ2) is 4.19. The number of carbonyl (C=O) groups is 1. The third-order valence-electron chi connectivity index (χ3n) is 2.53. The molecule has 17 heavy (non-hydrogen) atoms. The molecule has 0 radical (unpaired) electrons. The fourth-order valence-electron chi connectivity index (χ4n) is 1.68. The molecule has 0 fully saturated rings. The van der Waals surface area contributed by atoms with Gasteiger partial charge in [-0.2, -0.15) is 0 Å². The third-order valence-corrected chi connectivity index (χ3v) is 3.88. The highest BCUT2D eigenvalue weighted by Crippen LogP contribution is 2.36. The van der Waals surface area contributed by atoms with Crippen LogP contribution in [-0.4, -0.2) is 28.1 Å². The Balaban J connectivity index is 2.48. The third kappa shape index (κ3) is 2.23. The van der Waals surface area contributed by atoms with E-state index in [4.69, 9.17) is 15.4 Å². The molecule has 1 atom stereocenters. The van der Waals surface area contributed by atoms with E-state index < -0.39 is 20.9 Å². The molecule has 1 aromatic carbocycles. The summed E-state index contributed by atoms with van der Waals surface area (Å²) in [5, 5.41) is 0. The number of methoxy groups -OCH3 is 1. The van der Waals surface area contributed by atoms with E-state index in [9.17, 15) is 13.2 Å². The van der Waals surface area contributed by atoms with E-state index in [1.54, 1.807) is 0 Å². The zero-order valence-electron chi connectivity index (χ0n) is 8.84. The molecule has 0 spiro atoms. The largest absolute Gasteiger partial charge is 0.492 e. The lowest BCUT2D eigenvalue weighted by atomic mass is 10.0. The Morgan fingerprint density at radius 3 is 2.82 bits per heavy atom. The van der Waals surface area contributed by atoms with Crippen molar-refractivity contribution in [2.75, 3.05) is 13.7 Å². The Labute approximate surface area is 103 Å². The van der Waals surface area contributed by atoms with Crippen LogP contribution in [0.2, 0.25) is 0 Å². The number of esters is 1. The van der Waals surface area contributed by atoms with Crippen molar-refractivity contribution in [2.24, 2.45) is 0 Å². The van der Waals surface area contributed by atoms with Gasteiger partial charge in [0.15, 0.2) is 0 Å². The molecule has 1 aliphatic rings. The number of hydrogen-bond acceptors (Lipinski definition) is 5. The summed E-state index contributed by atoms with van der Waals surface area (Å²) in [6.45, 7) is 0.147. The summed E-state index contributed by atoms with van der Waals surface area (Å²) in [6.07, 6.45) is 0. The summed E-state index contributed by atoms with van der Waals surface area (Å²) in [6, 6.07) is 4.15. The van der Waals surface area contributed by atoms with Crippen LogP contribution in [0.3, 0.4) is 0 Å². The maximum Gasteiger partial charge on any atom is 0.316 e. The molecule has 0 amide bonds. The van der Waals surface area contributed by atoms with E-state index in [1.807, 2.05) is 0 Å². The van der Waals surface area contributed by atoms with Crippen LogP contribution in [0, 0.1) is 0 Å².